The van der Waals surface area contributed by atoms with Gasteiger partial charge in [-0.25, -0.2) is 0 Å². The molecular formula is C15H24BrNO. The lowest BCUT2D eigenvalue weighted by atomic mass is 9.84. The molecular weight excluding hydrogens is 290 g/mol. The van der Waals surface area contributed by atoms with Crippen molar-refractivity contribution in [3.8, 4) is 0 Å². The minimum atomic E-state index is 0.0603. The maximum Gasteiger partial charge on any atom is 0.0778 e. The summed E-state index contributed by atoms with van der Waals surface area (Å²) in [7, 11) is 0. The van der Waals surface area contributed by atoms with E-state index in [0.29, 0.717) is 6.61 Å². The molecule has 18 heavy (non-hydrogen) atoms. The second-order valence-electron chi connectivity index (χ2n) is 5.80. The summed E-state index contributed by atoms with van der Waals surface area (Å²) in [6.45, 7) is 9.24. The fourth-order valence-electron chi connectivity index (χ4n) is 2.00. The molecule has 0 aliphatic heterocycles. The van der Waals surface area contributed by atoms with Crippen molar-refractivity contribution in [2.24, 2.45) is 11.1 Å². The molecule has 2 atom stereocenters. The van der Waals surface area contributed by atoms with E-state index in [1.807, 2.05) is 12.1 Å². The molecule has 0 aromatic heterocycles. The summed E-state index contributed by atoms with van der Waals surface area (Å²) in [5.41, 5.74) is 7.40. The highest BCUT2D eigenvalue weighted by molar-refractivity contribution is 9.10. The van der Waals surface area contributed by atoms with Gasteiger partial charge in [0, 0.05) is 10.5 Å². The molecule has 0 aliphatic carbocycles. The zero-order valence-electron chi connectivity index (χ0n) is 11.7. The van der Waals surface area contributed by atoms with Crippen LogP contribution in [0.15, 0.2) is 28.7 Å². The van der Waals surface area contributed by atoms with Gasteiger partial charge in [-0.15, -0.1) is 0 Å². The van der Waals surface area contributed by atoms with Crippen molar-refractivity contribution < 1.29 is 4.74 Å². The molecule has 1 aromatic carbocycles. The van der Waals surface area contributed by atoms with Crippen molar-refractivity contribution in [2.45, 2.75) is 52.9 Å². The summed E-state index contributed by atoms with van der Waals surface area (Å²) in [6.07, 6.45) is 1.01. The number of halogens is 1. The Bertz CT molecular complexity index is 356. The lowest BCUT2D eigenvalue weighted by Gasteiger charge is -2.34. The van der Waals surface area contributed by atoms with Crippen LogP contribution in [-0.4, -0.2) is 12.1 Å². The van der Waals surface area contributed by atoms with Gasteiger partial charge >= 0.3 is 0 Å². The first-order valence-corrected chi connectivity index (χ1v) is 7.25. The summed E-state index contributed by atoms with van der Waals surface area (Å²) in [5, 5.41) is 0. The van der Waals surface area contributed by atoms with E-state index in [4.69, 9.17) is 10.5 Å². The van der Waals surface area contributed by atoms with E-state index in [0.717, 1.165) is 10.9 Å². The Morgan fingerprint density at radius 3 is 2.22 bits per heavy atom. The van der Waals surface area contributed by atoms with Gasteiger partial charge in [-0.3, -0.25) is 0 Å². The molecule has 0 aliphatic rings. The third-order valence-electron chi connectivity index (χ3n) is 3.06. The molecule has 3 heteroatoms. The standard InChI is InChI=1S/C15H24BrNO/c1-5-13(17)14(15(2,3)4)18-10-11-6-8-12(16)9-7-11/h6-9,13-14H,5,10,17H2,1-4H3. The SMILES string of the molecule is CCC(N)C(OCc1ccc(Br)cc1)C(C)(C)C. The first-order chi connectivity index (χ1) is 8.34. The molecule has 2 unspecified atom stereocenters. The van der Waals surface area contributed by atoms with Crippen molar-refractivity contribution in [3.05, 3.63) is 34.3 Å². The third-order valence-corrected chi connectivity index (χ3v) is 3.59. The Morgan fingerprint density at radius 2 is 1.78 bits per heavy atom. The van der Waals surface area contributed by atoms with Gasteiger partial charge in [0.15, 0.2) is 0 Å². The quantitative estimate of drug-likeness (QED) is 0.887. The number of benzene rings is 1. The molecule has 0 saturated carbocycles. The molecule has 0 heterocycles. The van der Waals surface area contributed by atoms with E-state index in [-0.39, 0.29) is 17.6 Å². The molecule has 0 saturated heterocycles. The summed E-state index contributed by atoms with van der Waals surface area (Å²) in [6, 6.07) is 8.29. The zero-order chi connectivity index (χ0) is 13.8. The summed E-state index contributed by atoms with van der Waals surface area (Å²) < 4.78 is 7.13. The number of hydrogen-bond donors (Lipinski definition) is 1. The van der Waals surface area contributed by atoms with Gasteiger partial charge < -0.3 is 10.5 Å². The van der Waals surface area contributed by atoms with E-state index < -0.39 is 0 Å². The highest BCUT2D eigenvalue weighted by Gasteiger charge is 2.30. The van der Waals surface area contributed by atoms with Crippen LogP contribution < -0.4 is 5.73 Å². The van der Waals surface area contributed by atoms with E-state index >= 15 is 0 Å². The minimum Gasteiger partial charge on any atom is -0.371 e. The second kappa shape index (κ2) is 6.69. The topological polar surface area (TPSA) is 35.2 Å². The highest BCUT2D eigenvalue weighted by Crippen LogP contribution is 2.26. The van der Waals surface area contributed by atoms with Gasteiger partial charge in [0.2, 0.25) is 0 Å². The average Bonchev–Trinajstić information content (AvgIpc) is 2.29. The van der Waals surface area contributed by atoms with Gasteiger partial charge in [0.05, 0.1) is 12.7 Å². The lowest BCUT2D eigenvalue weighted by Crippen LogP contribution is -2.44. The molecule has 1 rings (SSSR count). The van der Waals surface area contributed by atoms with Crippen LogP contribution in [0.2, 0.25) is 0 Å². The van der Waals surface area contributed by atoms with Gasteiger partial charge in [-0.1, -0.05) is 55.8 Å². The van der Waals surface area contributed by atoms with Crippen LogP contribution in [0.25, 0.3) is 0 Å². The molecule has 0 bridgehead atoms. The van der Waals surface area contributed by atoms with Crippen molar-refractivity contribution in [3.63, 3.8) is 0 Å². The van der Waals surface area contributed by atoms with Gasteiger partial charge in [0.25, 0.3) is 0 Å². The van der Waals surface area contributed by atoms with Gasteiger partial charge in [0.1, 0.15) is 0 Å². The maximum atomic E-state index is 6.16. The number of hydrogen-bond acceptors (Lipinski definition) is 2. The van der Waals surface area contributed by atoms with Crippen LogP contribution in [0.3, 0.4) is 0 Å². The predicted octanol–water partition coefficient (Wildman–Crippen LogP) is 4.12. The Morgan fingerprint density at radius 1 is 1.22 bits per heavy atom. The summed E-state index contributed by atoms with van der Waals surface area (Å²) >= 11 is 3.43. The molecule has 0 amide bonds. The smallest absolute Gasteiger partial charge is 0.0778 e. The number of nitrogens with two attached hydrogens (primary N) is 1. The predicted molar refractivity (Wildman–Crippen MR) is 80.4 cm³/mol. The van der Waals surface area contributed by atoms with E-state index in [1.54, 1.807) is 0 Å². The minimum absolute atomic E-state index is 0.0603. The van der Waals surface area contributed by atoms with Crippen LogP contribution in [0.4, 0.5) is 0 Å². The van der Waals surface area contributed by atoms with Crippen LogP contribution in [0.5, 0.6) is 0 Å². The van der Waals surface area contributed by atoms with Crippen LogP contribution >= 0.6 is 15.9 Å². The van der Waals surface area contributed by atoms with Crippen LogP contribution in [0, 0.1) is 5.41 Å². The fourth-order valence-corrected chi connectivity index (χ4v) is 2.26. The summed E-state index contributed by atoms with van der Waals surface area (Å²) in [4.78, 5) is 0. The fraction of sp³-hybridized carbons (Fsp3) is 0.600. The van der Waals surface area contributed by atoms with Crippen molar-refractivity contribution in [1.29, 1.82) is 0 Å². The molecule has 2 N–H and O–H groups in total. The van der Waals surface area contributed by atoms with Gasteiger partial charge in [-0.05, 0) is 29.5 Å². The molecule has 2 nitrogen and oxygen atoms in total. The lowest BCUT2D eigenvalue weighted by molar-refractivity contribution is -0.0439. The Kier molecular flexibility index (Phi) is 5.83. The Labute approximate surface area is 119 Å². The first kappa shape index (κ1) is 15.7. The number of ether oxygens (including phenoxy) is 1. The second-order valence-corrected chi connectivity index (χ2v) is 6.71. The van der Waals surface area contributed by atoms with Crippen molar-refractivity contribution in [1.82, 2.24) is 0 Å². The zero-order valence-corrected chi connectivity index (χ0v) is 13.3. The first-order valence-electron chi connectivity index (χ1n) is 6.46. The Hall–Kier alpha value is -0.380. The van der Waals surface area contributed by atoms with E-state index in [9.17, 15) is 0 Å². The van der Waals surface area contributed by atoms with Crippen LogP contribution in [-0.2, 0) is 11.3 Å². The molecule has 0 radical (unpaired) electrons. The maximum absolute atomic E-state index is 6.16. The Balaban J connectivity index is 2.65. The molecule has 1 aromatic rings. The molecule has 102 valence electrons. The highest BCUT2D eigenvalue weighted by atomic mass is 79.9. The number of rotatable bonds is 5. The largest absolute Gasteiger partial charge is 0.371 e. The van der Waals surface area contributed by atoms with Gasteiger partial charge in [-0.2, -0.15) is 0 Å². The van der Waals surface area contributed by atoms with Crippen molar-refractivity contribution in [2.75, 3.05) is 0 Å². The van der Waals surface area contributed by atoms with Crippen LogP contribution in [0.1, 0.15) is 39.7 Å². The summed E-state index contributed by atoms with van der Waals surface area (Å²) in [5.74, 6) is 0. The van der Waals surface area contributed by atoms with E-state index in [1.165, 1.54) is 5.56 Å². The third kappa shape index (κ3) is 4.71. The average molecular weight is 314 g/mol. The van der Waals surface area contributed by atoms with E-state index in [2.05, 4.69) is 55.8 Å². The normalized spacial score (nSPS) is 15.4. The monoisotopic (exact) mass is 313 g/mol. The molecule has 0 fully saturated rings. The van der Waals surface area contributed by atoms with Crippen molar-refractivity contribution >= 4 is 15.9 Å². The molecule has 0 spiro atoms.